The van der Waals surface area contributed by atoms with Crippen LogP contribution in [0.3, 0.4) is 0 Å². The summed E-state index contributed by atoms with van der Waals surface area (Å²) in [5.41, 5.74) is 3.29. The van der Waals surface area contributed by atoms with Crippen LogP contribution in [0.15, 0.2) is 71.8 Å². The van der Waals surface area contributed by atoms with Crippen LogP contribution in [0.5, 0.6) is 17.2 Å². The first kappa shape index (κ1) is 24.6. The monoisotopic (exact) mass is 441 g/mol. The van der Waals surface area contributed by atoms with E-state index in [1.165, 1.54) is 7.11 Å². The second-order valence-corrected chi connectivity index (χ2v) is 7.30. The van der Waals surface area contributed by atoms with Gasteiger partial charge in [0.25, 0.3) is 0 Å². The molecule has 0 aromatic heterocycles. The fourth-order valence-corrected chi connectivity index (χ4v) is 3.70. The number of ether oxygens (including phenoxy) is 2. The molecule has 2 aromatic rings. The minimum absolute atomic E-state index is 0.0546. The van der Waals surface area contributed by atoms with Gasteiger partial charge in [-0.15, -0.1) is 0 Å². The predicted molar refractivity (Wildman–Crippen MR) is 130 cm³/mol. The molecule has 0 amide bonds. The van der Waals surface area contributed by atoms with Crippen LogP contribution in [-0.2, 0) is 0 Å². The normalized spacial score (nSPS) is 12.5. The van der Waals surface area contributed by atoms with Gasteiger partial charge in [0, 0.05) is 12.1 Å². The summed E-state index contributed by atoms with van der Waals surface area (Å²) in [6.45, 7) is 13.6. The van der Waals surface area contributed by atoms with Crippen LogP contribution in [0.2, 0.25) is 0 Å². The molecule has 2 aromatic carbocycles. The SMILES string of the molecule is C=CC(=CC)C(Cl)=C(c1ccc(OCCN(CC)CC)cc1)c1ccc(OC)c(O)c1. The highest BCUT2D eigenvalue weighted by Gasteiger charge is 2.15. The third-order valence-electron chi connectivity index (χ3n) is 5.19. The van der Waals surface area contributed by atoms with Crippen molar-refractivity contribution in [1.82, 2.24) is 4.90 Å². The lowest BCUT2D eigenvalue weighted by Gasteiger charge is -2.18. The van der Waals surface area contributed by atoms with Gasteiger partial charge in [0.2, 0.25) is 0 Å². The standard InChI is InChI=1S/C26H32ClNO3/c1-6-19(7-2)26(27)25(21-12-15-24(30-5)23(29)18-21)20-10-13-22(14-11-20)31-17-16-28(8-3)9-4/h6-7,10-15,18,29H,1,8-9,16-17H2,2-5H3. The van der Waals surface area contributed by atoms with Crippen LogP contribution >= 0.6 is 11.6 Å². The van der Waals surface area contributed by atoms with Crippen LogP contribution in [-0.4, -0.2) is 43.4 Å². The maximum atomic E-state index is 10.3. The fraction of sp³-hybridized carbons (Fsp3) is 0.308. The van der Waals surface area contributed by atoms with Crippen LogP contribution in [0.4, 0.5) is 0 Å². The van der Waals surface area contributed by atoms with Crippen molar-refractivity contribution < 1.29 is 14.6 Å². The molecule has 0 unspecified atom stereocenters. The van der Waals surface area contributed by atoms with Crippen molar-refractivity contribution in [2.75, 3.05) is 33.4 Å². The number of benzene rings is 2. The van der Waals surface area contributed by atoms with Gasteiger partial charge >= 0.3 is 0 Å². The van der Waals surface area contributed by atoms with Gasteiger partial charge in [-0.3, -0.25) is 0 Å². The molecule has 166 valence electrons. The average molecular weight is 442 g/mol. The molecule has 0 saturated carbocycles. The summed E-state index contributed by atoms with van der Waals surface area (Å²) in [6.07, 6.45) is 3.62. The van der Waals surface area contributed by atoms with Crippen LogP contribution in [0, 0.1) is 0 Å². The van der Waals surface area contributed by atoms with Gasteiger partial charge in [0.05, 0.1) is 12.1 Å². The average Bonchev–Trinajstić information content (AvgIpc) is 2.79. The summed E-state index contributed by atoms with van der Waals surface area (Å²) in [6, 6.07) is 13.1. The molecule has 0 radical (unpaired) electrons. The third kappa shape index (κ3) is 6.39. The summed E-state index contributed by atoms with van der Waals surface area (Å²) < 4.78 is 11.1. The Morgan fingerprint density at radius 2 is 1.74 bits per heavy atom. The second kappa shape index (κ2) is 12.2. The summed E-state index contributed by atoms with van der Waals surface area (Å²) in [4.78, 5) is 2.32. The number of methoxy groups -OCH3 is 1. The zero-order chi connectivity index (χ0) is 22.8. The van der Waals surface area contributed by atoms with Crippen molar-refractivity contribution in [3.05, 3.63) is 82.9 Å². The van der Waals surface area contributed by atoms with E-state index >= 15 is 0 Å². The predicted octanol–water partition coefficient (Wildman–Crippen LogP) is 6.25. The van der Waals surface area contributed by atoms with E-state index in [1.54, 1.807) is 18.2 Å². The van der Waals surface area contributed by atoms with E-state index in [9.17, 15) is 5.11 Å². The van der Waals surface area contributed by atoms with Crippen molar-refractivity contribution in [3.63, 3.8) is 0 Å². The van der Waals surface area contributed by atoms with Crippen LogP contribution in [0.25, 0.3) is 5.57 Å². The molecule has 0 heterocycles. The maximum Gasteiger partial charge on any atom is 0.160 e. The Labute approximate surface area is 191 Å². The number of phenolic OH excluding ortho intramolecular Hbond substituents is 1. The van der Waals surface area contributed by atoms with E-state index in [4.69, 9.17) is 21.1 Å². The highest BCUT2D eigenvalue weighted by atomic mass is 35.5. The molecule has 31 heavy (non-hydrogen) atoms. The number of rotatable bonds is 11. The van der Waals surface area contributed by atoms with Crippen LogP contribution < -0.4 is 9.47 Å². The van der Waals surface area contributed by atoms with E-state index in [-0.39, 0.29) is 5.75 Å². The number of hydrogen-bond donors (Lipinski definition) is 1. The number of halogens is 1. The highest BCUT2D eigenvalue weighted by molar-refractivity contribution is 6.36. The Hall–Kier alpha value is -2.69. The van der Waals surface area contributed by atoms with Crippen molar-refractivity contribution in [3.8, 4) is 17.2 Å². The number of allylic oxidation sites excluding steroid dienone is 4. The molecule has 1 N–H and O–H groups in total. The first-order valence-corrected chi connectivity index (χ1v) is 10.9. The topological polar surface area (TPSA) is 41.9 Å². The smallest absolute Gasteiger partial charge is 0.160 e. The maximum absolute atomic E-state index is 10.3. The molecule has 0 aliphatic carbocycles. The van der Waals surface area contributed by atoms with Gasteiger partial charge in [-0.2, -0.15) is 0 Å². The van der Waals surface area contributed by atoms with Crippen molar-refractivity contribution in [2.45, 2.75) is 20.8 Å². The fourth-order valence-electron chi connectivity index (χ4n) is 3.29. The van der Waals surface area contributed by atoms with Gasteiger partial charge in [-0.1, -0.05) is 62.4 Å². The van der Waals surface area contributed by atoms with Gasteiger partial charge < -0.3 is 19.5 Å². The summed E-state index contributed by atoms with van der Waals surface area (Å²) in [7, 11) is 1.52. The molecule has 0 fully saturated rings. The first-order chi connectivity index (χ1) is 15.0. The van der Waals surface area contributed by atoms with E-state index in [0.717, 1.165) is 47.7 Å². The van der Waals surface area contributed by atoms with E-state index < -0.39 is 0 Å². The number of phenols is 1. The Morgan fingerprint density at radius 1 is 1.10 bits per heavy atom. The van der Waals surface area contributed by atoms with Gasteiger partial charge in [0.15, 0.2) is 11.5 Å². The molecule has 2 rings (SSSR count). The molecular formula is C26H32ClNO3. The molecule has 5 heteroatoms. The molecule has 0 saturated heterocycles. The summed E-state index contributed by atoms with van der Waals surface area (Å²) >= 11 is 6.79. The lowest BCUT2D eigenvalue weighted by molar-refractivity contribution is 0.223. The Kier molecular flexibility index (Phi) is 9.70. The lowest BCUT2D eigenvalue weighted by Crippen LogP contribution is -2.27. The lowest BCUT2D eigenvalue weighted by atomic mass is 9.95. The van der Waals surface area contributed by atoms with Gasteiger partial charge in [-0.25, -0.2) is 0 Å². The minimum atomic E-state index is 0.0546. The summed E-state index contributed by atoms with van der Waals surface area (Å²) in [5.74, 6) is 1.27. The van der Waals surface area contributed by atoms with Crippen molar-refractivity contribution in [1.29, 1.82) is 0 Å². The minimum Gasteiger partial charge on any atom is -0.504 e. The third-order valence-corrected chi connectivity index (χ3v) is 5.59. The summed E-state index contributed by atoms with van der Waals surface area (Å²) in [5, 5.41) is 10.9. The highest BCUT2D eigenvalue weighted by Crippen LogP contribution is 2.37. The number of nitrogens with zero attached hydrogens (tertiary/aromatic N) is 1. The number of likely N-dealkylation sites (N-methyl/N-ethyl adjacent to an activating group) is 1. The van der Waals surface area contributed by atoms with Gasteiger partial charge in [0.1, 0.15) is 12.4 Å². The number of hydrogen-bond acceptors (Lipinski definition) is 4. The van der Waals surface area contributed by atoms with Gasteiger partial charge in [-0.05, 0) is 61.0 Å². The van der Waals surface area contributed by atoms with Crippen LogP contribution in [0.1, 0.15) is 31.9 Å². The Morgan fingerprint density at radius 3 is 2.26 bits per heavy atom. The van der Waals surface area contributed by atoms with E-state index in [2.05, 4.69) is 25.3 Å². The first-order valence-electron chi connectivity index (χ1n) is 10.5. The van der Waals surface area contributed by atoms with E-state index in [0.29, 0.717) is 17.4 Å². The molecule has 0 spiro atoms. The molecular weight excluding hydrogens is 410 g/mol. The Bertz CT molecular complexity index is 928. The Balaban J connectivity index is 2.38. The number of aromatic hydroxyl groups is 1. The molecule has 0 atom stereocenters. The van der Waals surface area contributed by atoms with E-state index in [1.807, 2.05) is 43.3 Å². The molecule has 0 bridgehead atoms. The quantitative estimate of drug-likeness (QED) is 0.418. The second-order valence-electron chi connectivity index (χ2n) is 6.92. The molecule has 4 nitrogen and oxygen atoms in total. The van der Waals surface area contributed by atoms with Crippen molar-refractivity contribution >= 4 is 17.2 Å². The largest absolute Gasteiger partial charge is 0.504 e. The molecule has 0 aliphatic rings. The zero-order valence-electron chi connectivity index (χ0n) is 18.8. The molecule has 0 aliphatic heterocycles. The zero-order valence-corrected chi connectivity index (χ0v) is 19.6. The van der Waals surface area contributed by atoms with Crippen molar-refractivity contribution in [2.24, 2.45) is 0 Å².